The predicted molar refractivity (Wildman–Crippen MR) is 54.0 cm³/mol. The van der Waals surface area contributed by atoms with Gasteiger partial charge in [-0.3, -0.25) is 9.78 Å². The molecule has 1 N–H and O–H groups in total. The van der Waals surface area contributed by atoms with Gasteiger partial charge < -0.3 is 9.84 Å². The van der Waals surface area contributed by atoms with Gasteiger partial charge in [-0.15, -0.1) is 0 Å². The van der Waals surface area contributed by atoms with Crippen molar-refractivity contribution >= 4 is 5.97 Å². The molecule has 2 rings (SSSR count). The van der Waals surface area contributed by atoms with E-state index in [1.165, 1.54) is 0 Å². The van der Waals surface area contributed by atoms with Gasteiger partial charge in [-0.25, -0.2) is 0 Å². The average Bonchev–Trinajstić information content (AvgIpc) is 2.98. The van der Waals surface area contributed by atoms with Crippen molar-refractivity contribution in [3.8, 4) is 5.75 Å². The first-order valence-electron chi connectivity index (χ1n) is 4.89. The first-order chi connectivity index (χ1) is 7.16. The molecular formula is C11H13NO3. The van der Waals surface area contributed by atoms with Crippen LogP contribution in [0.25, 0.3) is 0 Å². The topological polar surface area (TPSA) is 59.4 Å². The highest BCUT2D eigenvalue weighted by Gasteiger charge is 2.47. The zero-order chi connectivity index (χ0) is 10.9. The second-order valence-corrected chi connectivity index (χ2v) is 3.93. The molecule has 4 nitrogen and oxygen atoms in total. The Morgan fingerprint density at radius 3 is 2.73 bits per heavy atom. The molecule has 15 heavy (non-hydrogen) atoms. The number of rotatable bonds is 4. The monoisotopic (exact) mass is 207 g/mol. The van der Waals surface area contributed by atoms with Crippen LogP contribution in [0.15, 0.2) is 18.3 Å². The van der Waals surface area contributed by atoms with Crippen LogP contribution in [-0.2, 0) is 10.2 Å². The lowest BCUT2D eigenvalue weighted by atomic mass is 9.97. The molecule has 0 unspecified atom stereocenters. The van der Waals surface area contributed by atoms with Crippen LogP contribution in [0.1, 0.15) is 25.0 Å². The van der Waals surface area contributed by atoms with Gasteiger partial charge in [0.2, 0.25) is 0 Å². The smallest absolute Gasteiger partial charge is 0.304 e. The summed E-state index contributed by atoms with van der Waals surface area (Å²) in [7, 11) is 1.58. The Hall–Kier alpha value is -1.58. The Bertz CT molecular complexity index is 368. The molecule has 0 saturated heterocycles. The maximum atomic E-state index is 10.7. The molecule has 1 aliphatic carbocycles. The Morgan fingerprint density at radius 1 is 1.60 bits per heavy atom. The summed E-state index contributed by atoms with van der Waals surface area (Å²) in [6.45, 7) is 0. The summed E-state index contributed by atoms with van der Waals surface area (Å²) in [4.78, 5) is 14.9. The molecule has 0 amide bonds. The number of nitrogens with zero attached hydrogens (tertiary/aromatic N) is 1. The summed E-state index contributed by atoms with van der Waals surface area (Å²) in [5.41, 5.74) is 0.656. The van der Waals surface area contributed by atoms with E-state index in [9.17, 15) is 4.79 Å². The molecule has 4 heteroatoms. The molecule has 0 radical (unpaired) electrons. The van der Waals surface area contributed by atoms with E-state index in [0.717, 1.165) is 18.5 Å². The highest BCUT2D eigenvalue weighted by molar-refractivity contribution is 5.69. The Kier molecular flexibility index (Phi) is 2.34. The number of ether oxygens (including phenoxy) is 1. The zero-order valence-corrected chi connectivity index (χ0v) is 8.56. The minimum atomic E-state index is -0.759. The maximum Gasteiger partial charge on any atom is 0.304 e. The largest absolute Gasteiger partial charge is 0.495 e. The van der Waals surface area contributed by atoms with Crippen molar-refractivity contribution in [2.45, 2.75) is 24.7 Å². The normalized spacial score (nSPS) is 17.1. The fourth-order valence-corrected chi connectivity index (χ4v) is 1.78. The van der Waals surface area contributed by atoms with Gasteiger partial charge in [-0.05, 0) is 25.0 Å². The van der Waals surface area contributed by atoms with Crippen LogP contribution in [0.2, 0.25) is 0 Å². The molecule has 1 saturated carbocycles. The molecule has 0 bridgehead atoms. The van der Waals surface area contributed by atoms with E-state index in [1.807, 2.05) is 12.1 Å². The van der Waals surface area contributed by atoms with Gasteiger partial charge >= 0.3 is 5.97 Å². The second kappa shape index (κ2) is 3.53. The molecule has 1 aromatic rings. The third-order valence-corrected chi connectivity index (χ3v) is 2.86. The molecule has 1 aromatic heterocycles. The molecule has 0 spiro atoms. The van der Waals surface area contributed by atoms with Crippen LogP contribution in [0.4, 0.5) is 0 Å². The van der Waals surface area contributed by atoms with Crippen LogP contribution in [0, 0.1) is 0 Å². The Balaban J connectivity index is 2.18. The standard InChI is InChI=1S/C11H13NO3/c1-15-8-2-3-9(12-7-8)11(4-5-11)6-10(13)14/h2-3,7H,4-6H2,1H3,(H,13,14). The minimum Gasteiger partial charge on any atom is -0.495 e. The van der Waals surface area contributed by atoms with Gasteiger partial charge in [0.15, 0.2) is 0 Å². The van der Waals surface area contributed by atoms with Crippen LogP contribution in [-0.4, -0.2) is 23.2 Å². The maximum absolute atomic E-state index is 10.7. The summed E-state index contributed by atoms with van der Waals surface area (Å²) >= 11 is 0. The highest BCUT2D eigenvalue weighted by atomic mass is 16.5. The van der Waals surface area contributed by atoms with Crippen LogP contribution >= 0.6 is 0 Å². The number of aliphatic carboxylic acids is 1. The molecule has 0 aromatic carbocycles. The van der Waals surface area contributed by atoms with E-state index in [4.69, 9.17) is 9.84 Å². The van der Waals surface area contributed by atoms with Crippen molar-refractivity contribution in [1.82, 2.24) is 4.98 Å². The number of pyridine rings is 1. The number of carboxylic acids is 1. The summed E-state index contributed by atoms with van der Waals surface area (Å²) in [6.07, 6.45) is 3.64. The fourth-order valence-electron chi connectivity index (χ4n) is 1.78. The number of methoxy groups -OCH3 is 1. The van der Waals surface area contributed by atoms with Gasteiger partial charge in [-0.1, -0.05) is 0 Å². The van der Waals surface area contributed by atoms with E-state index >= 15 is 0 Å². The van der Waals surface area contributed by atoms with Gasteiger partial charge in [0.1, 0.15) is 5.75 Å². The van der Waals surface area contributed by atoms with Gasteiger partial charge in [0, 0.05) is 11.1 Å². The third-order valence-electron chi connectivity index (χ3n) is 2.86. The first kappa shape index (κ1) is 9.96. The van der Waals surface area contributed by atoms with Crippen LogP contribution < -0.4 is 4.74 Å². The van der Waals surface area contributed by atoms with Gasteiger partial charge in [0.05, 0.1) is 19.7 Å². The average molecular weight is 207 g/mol. The second-order valence-electron chi connectivity index (χ2n) is 3.93. The molecule has 0 atom stereocenters. The van der Waals surface area contributed by atoms with Crippen LogP contribution in [0.3, 0.4) is 0 Å². The van der Waals surface area contributed by atoms with E-state index in [0.29, 0.717) is 5.75 Å². The van der Waals surface area contributed by atoms with Crippen molar-refractivity contribution in [1.29, 1.82) is 0 Å². The van der Waals surface area contributed by atoms with E-state index in [2.05, 4.69) is 4.98 Å². The van der Waals surface area contributed by atoms with E-state index in [-0.39, 0.29) is 11.8 Å². The lowest BCUT2D eigenvalue weighted by molar-refractivity contribution is -0.137. The lowest BCUT2D eigenvalue weighted by Crippen LogP contribution is -2.14. The van der Waals surface area contributed by atoms with Crippen molar-refractivity contribution in [3.63, 3.8) is 0 Å². The van der Waals surface area contributed by atoms with Crippen molar-refractivity contribution in [3.05, 3.63) is 24.0 Å². The molecule has 1 aliphatic rings. The van der Waals surface area contributed by atoms with E-state index in [1.54, 1.807) is 13.3 Å². The molecule has 1 heterocycles. The molecule has 80 valence electrons. The minimum absolute atomic E-state index is 0.173. The first-order valence-corrected chi connectivity index (χ1v) is 4.89. The highest BCUT2D eigenvalue weighted by Crippen LogP contribution is 2.50. The number of carboxylic acid groups (broad SMARTS) is 1. The molecule has 1 fully saturated rings. The van der Waals surface area contributed by atoms with E-state index < -0.39 is 5.97 Å². The SMILES string of the molecule is COc1ccc(C2(CC(=O)O)CC2)nc1. The van der Waals surface area contributed by atoms with Gasteiger partial charge in [-0.2, -0.15) is 0 Å². The summed E-state index contributed by atoms with van der Waals surface area (Å²) in [6, 6.07) is 3.68. The quantitative estimate of drug-likeness (QED) is 0.814. The molecular weight excluding hydrogens is 194 g/mol. The number of hydrogen-bond acceptors (Lipinski definition) is 3. The van der Waals surface area contributed by atoms with Crippen LogP contribution in [0.5, 0.6) is 5.75 Å². The number of carbonyl (C=O) groups is 1. The summed E-state index contributed by atoms with van der Waals surface area (Å²) in [5.74, 6) is -0.0602. The van der Waals surface area contributed by atoms with Gasteiger partial charge in [0.25, 0.3) is 0 Å². The Morgan fingerprint density at radius 2 is 2.33 bits per heavy atom. The number of hydrogen-bond donors (Lipinski definition) is 1. The summed E-state index contributed by atoms with van der Waals surface area (Å²) < 4.78 is 5.00. The predicted octanol–water partition coefficient (Wildman–Crippen LogP) is 1.60. The third kappa shape index (κ3) is 1.93. The number of aromatic nitrogens is 1. The fraction of sp³-hybridized carbons (Fsp3) is 0.455. The molecule has 0 aliphatic heterocycles. The van der Waals surface area contributed by atoms with Crippen molar-refractivity contribution in [2.24, 2.45) is 0 Å². The lowest BCUT2D eigenvalue weighted by Gasteiger charge is -2.11. The Labute approximate surface area is 87.9 Å². The van der Waals surface area contributed by atoms with Crippen molar-refractivity contribution in [2.75, 3.05) is 7.11 Å². The van der Waals surface area contributed by atoms with Crippen molar-refractivity contribution < 1.29 is 14.6 Å². The summed E-state index contributed by atoms with van der Waals surface area (Å²) in [5, 5.41) is 8.80. The zero-order valence-electron chi connectivity index (χ0n) is 8.56.